The average molecular weight is 520 g/mol. The molecule has 8 rings (SSSR count). The Hall–Kier alpha value is -5.12. The van der Waals surface area contributed by atoms with Gasteiger partial charge in [-0.25, -0.2) is 15.0 Å². The van der Waals surface area contributed by atoms with Gasteiger partial charge in [0.25, 0.3) is 5.56 Å². The van der Waals surface area contributed by atoms with Gasteiger partial charge in [0.15, 0.2) is 34.3 Å². The number of para-hydroxylation sites is 2. The molecule has 0 atom stereocenters. The third kappa shape index (κ3) is 3.41. The van der Waals surface area contributed by atoms with Crippen molar-refractivity contribution >= 4 is 33.2 Å². The van der Waals surface area contributed by atoms with E-state index in [1.807, 2.05) is 72.2 Å². The predicted molar refractivity (Wildman–Crippen MR) is 143 cm³/mol. The standard InChI is InChI=1S/C29H21N5O5/c1-16-30-27-25(29(35)33(16)12-17-6-8-21-23(10-17)38-14-36-21)26-28(32-20-5-3-2-4-19(20)31-26)34(27)13-18-7-9-22-24(11-18)39-15-37-22/h2-11H,12-15H2,1H3. The first kappa shape index (κ1) is 21.9. The lowest BCUT2D eigenvalue weighted by Crippen LogP contribution is -2.24. The van der Waals surface area contributed by atoms with Crippen LogP contribution < -0.4 is 24.5 Å². The van der Waals surface area contributed by atoms with Gasteiger partial charge in [0.1, 0.15) is 16.7 Å². The Morgan fingerprint density at radius 3 is 1.95 bits per heavy atom. The quantitative estimate of drug-likeness (QED) is 0.342. The average Bonchev–Trinajstić information content (AvgIpc) is 3.68. The summed E-state index contributed by atoms with van der Waals surface area (Å²) in [6.45, 7) is 3.01. The molecule has 0 saturated carbocycles. The first-order valence-corrected chi connectivity index (χ1v) is 12.6. The topological polar surface area (TPSA) is 103 Å². The molecule has 0 bridgehead atoms. The monoisotopic (exact) mass is 519 g/mol. The molecular formula is C29H21N5O5. The van der Waals surface area contributed by atoms with Crippen LogP contribution in [0.2, 0.25) is 0 Å². The van der Waals surface area contributed by atoms with Crippen LogP contribution in [0, 0.1) is 6.92 Å². The summed E-state index contributed by atoms with van der Waals surface area (Å²) in [4.78, 5) is 28.9. The number of rotatable bonds is 4. The van der Waals surface area contributed by atoms with E-state index in [1.54, 1.807) is 4.57 Å². The molecule has 0 aliphatic carbocycles. The van der Waals surface area contributed by atoms with Crippen LogP contribution in [0.3, 0.4) is 0 Å². The van der Waals surface area contributed by atoms with Crippen LogP contribution in [0.4, 0.5) is 0 Å². The van der Waals surface area contributed by atoms with E-state index in [0.717, 1.165) is 22.2 Å². The van der Waals surface area contributed by atoms with Gasteiger partial charge in [-0.3, -0.25) is 9.36 Å². The van der Waals surface area contributed by atoms with Crippen molar-refractivity contribution in [2.24, 2.45) is 0 Å². The lowest BCUT2D eigenvalue weighted by atomic mass is 10.2. The number of hydrogen-bond acceptors (Lipinski definition) is 8. The van der Waals surface area contributed by atoms with E-state index in [0.29, 0.717) is 64.1 Å². The van der Waals surface area contributed by atoms with Crippen molar-refractivity contribution in [3.05, 3.63) is 88.0 Å². The first-order valence-electron chi connectivity index (χ1n) is 12.6. The summed E-state index contributed by atoms with van der Waals surface area (Å²) in [6, 6.07) is 19.2. The summed E-state index contributed by atoms with van der Waals surface area (Å²) >= 11 is 0. The van der Waals surface area contributed by atoms with Gasteiger partial charge < -0.3 is 23.5 Å². The summed E-state index contributed by atoms with van der Waals surface area (Å²) in [6.07, 6.45) is 0. The molecule has 39 heavy (non-hydrogen) atoms. The molecule has 3 aromatic carbocycles. The second-order valence-corrected chi connectivity index (χ2v) is 9.59. The number of nitrogens with zero attached hydrogens (tertiary/aromatic N) is 5. The van der Waals surface area contributed by atoms with Crippen molar-refractivity contribution in [2.75, 3.05) is 13.6 Å². The summed E-state index contributed by atoms with van der Waals surface area (Å²) in [5.41, 5.74) is 4.85. The van der Waals surface area contributed by atoms with Gasteiger partial charge in [0, 0.05) is 0 Å². The Balaban J connectivity index is 1.34. The maximum absolute atomic E-state index is 14.1. The lowest BCUT2D eigenvalue weighted by molar-refractivity contribution is 0.173. The van der Waals surface area contributed by atoms with Gasteiger partial charge in [-0.15, -0.1) is 0 Å². The number of ether oxygens (including phenoxy) is 4. The lowest BCUT2D eigenvalue weighted by Gasteiger charge is -2.12. The van der Waals surface area contributed by atoms with E-state index in [2.05, 4.69) is 0 Å². The molecular weight excluding hydrogens is 498 g/mol. The molecule has 5 heterocycles. The van der Waals surface area contributed by atoms with Crippen molar-refractivity contribution in [3.8, 4) is 23.0 Å². The number of benzene rings is 3. The van der Waals surface area contributed by atoms with E-state index in [1.165, 1.54) is 0 Å². The number of aromatic nitrogens is 5. The van der Waals surface area contributed by atoms with Crippen LogP contribution in [-0.4, -0.2) is 37.7 Å². The van der Waals surface area contributed by atoms with Crippen LogP contribution in [0.1, 0.15) is 17.0 Å². The molecule has 2 aliphatic heterocycles. The highest BCUT2D eigenvalue weighted by Gasteiger charge is 2.23. The van der Waals surface area contributed by atoms with Gasteiger partial charge in [0.05, 0.1) is 24.1 Å². The van der Waals surface area contributed by atoms with Crippen LogP contribution in [0.25, 0.3) is 33.2 Å². The van der Waals surface area contributed by atoms with Crippen LogP contribution in [0.15, 0.2) is 65.5 Å². The number of hydrogen-bond donors (Lipinski definition) is 0. The highest BCUT2D eigenvalue weighted by Crippen LogP contribution is 2.35. The maximum atomic E-state index is 14.1. The fourth-order valence-electron chi connectivity index (χ4n) is 5.28. The molecule has 6 aromatic rings. The Morgan fingerprint density at radius 2 is 1.28 bits per heavy atom. The van der Waals surface area contributed by atoms with Crippen LogP contribution in [0.5, 0.6) is 23.0 Å². The Kier molecular flexibility index (Phi) is 4.60. The second-order valence-electron chi connectivity index (χ2n) is 9.59. The predicted octanol–water partition coefficient (Wildman–Crippen LogP) is 4.16. The van der Waals surface area contributed by atoms with Crippen molar-refractivity contribution in [3.63, 3.8) is 0 Å². The minimum Gasteiger partial charge on any atom is -0.454 e. The van der Waals surface area contributed by atoms with Crippen molar-refractivity contribution in [1.29, 1.82) is 0 Å². The van der Waals surface area contributed by atoms with Gasteiger partial charge >= 0.3 is 0 Å². The molecule has 0 unspecified atom stereocenters. The molecule has 0 N–H and O–H groups in total. The molecule has 192 valence electrons. The van der Waals surface area contributed by atoms with Crippen molar-refractivity contribution in [2.45, 2.75) is 20.0 Å². The summed E-state index contributed by atoms with van der Waals surface area (Å²) in [5.74, 6) is 3.37. The molecule has 10 heteroatoms. The number of aryl methyl sites for hydroxylation is 1. The zero-order chi connectivity index (χ0) is 26.1. The summed E-state index contributed by atoms with van der Waals surface area (Å²) in [5, 5.41) is 0.440. The maximum Gasteiger partial charge on any atom is 0.265 e. The molecule has 0 radical (unpaired) electrons. The third-order valence-electron chi connectivity index (χ3n) is 7.20. The van der Waals surface area contributed by atoms with Crippen molar-refractivity contribution < 1.29 is 18.9 Å². The van der Waals surface area contributed by atoms with E-state index in [4.69, 9.17) is 33.9 Å². The van der Waals surface area contributed by atoms with E-state index in [9.17, 15) is 4.79 Å². The number of fused-ring (bicyclic) bond motifs is 6. The fraction of sp³-hybridized carbons (Fsp3) is 0.172. The first-order chi connectivity index (χ1) is 19.1. The molecule has 10 nitrogen and oxygen atoms in total. The summed E-state index contributed by atoms with van der Waals surface area (Å²) in [7, 11) is 0. The van der Waals surface area contributed by atoms with Gasteiger partial charge in [-0.05, 0) is 54.4 Å². The van der Waals surface area contributed by atoms with Crippen LogP contribution in [-0.2, 0) is 13.1 Å². The molecule has 0 amide bonds. The normalized spacial score (nSPS) is 13.7. The minimum absolute atomic E-state index is 0.172. The summed E-state index contributed by atoms with van der Waals surface area (Å²) < 4.78 is 25.6. The smallest absolute Gasteiger partial charge is 0.265 e. The molecule has 0 fully saturated rings. The van der Waals surface area contributed by atoms with Gasteiger partial charge in [-0.2, -0.15) is 0 Å². The van der Waals surface area contributed by atoms with Crippen molar-refractivity contribution in [1.82, 2.24) is 24.1 Å². The van der Waals surface area contributed by atoms with Gasteiger partial charge in [0.2, 0.25) is 13.6 Å². The zero-order valence-electron chi connectivity index (χ0n) is 20.9. The highest BCUT2D eigenvalue weighted by molar-refractivity contribution is 6.04. The minimum atomic E-state index is -0.172. The second kappa shape index (κ2) is 8.19. The Labute approximate surface area is 221 Å². The molecule has 0 saturated heterocycles. The van der Waals surface area contributed by atoms with Gasteiger partial charge in [-0.1, -0.05) is 24.3 Å². The Bertz CT molecular complexity index is 2030. The van der Waals surface area contributed by atoms with E-state index >= 15 is 0 Å². The van der Waals surface area contributed by atoms with E-state index < -0.39 is 0 Å². The molecule has 3 aromatic heterocycles. The zero-order valence-corrected chi connectivity index (χ0v) is 20.9. The third-order valence-corrected chi connectivity index (χ3v) is 7.20. The SMILES string of the molecule is Cc1nc2c(c(=O)n1Cc1ccc3c(c1)OCO3)c1nc3ccccc3nc1n2Cc1ccc2c(c1)OCO2. The molecule has 0 spiro atoms. The Morgan fingerprint density at radius 1 is 0.692 bits per heavy atom. The fourth-order valence-corrected chi connectivity index (χ4v) is 5.28. The largest absolute Gasteiger partial charge is 0.454 e. The van der Waals surface area contributed by atoms with E-state index in [-0.39, 0.29) is 19.1 Å². The molecule has 2 aliphatic rings. The highest BCUT2D eigenvalue weighted by atomic mass is 16.7. The van der Waals surface area contributed by atoms with Crippen LogP contribution >= 0.6 is 0 Å².